The number of anilines is 1. The second-order valence-corrected chi connectivity index (χ2v) is 9.59. The van der Waals surface area contributed by atoms with E-state index in [9.17, 15) is 0 Å². The summed E-state index contributed by atoms with van der Waals surface area (Å²) in [5.74, 6) is 0.882. The summed E-state index contributed by atoms with van der Waals surface area (Å²) in [7, 11) is 3.50. The van der Waals surface area contributed by atoms with Gasteiger partial charge in [-0.3, -0.25) is 4.90 Å². The Morgan fingerprint density at radius 2 is 1.91 bits per heavy atom. The standard InChI is InChI=1S/C25H26ClN3O2S/c1-30-22-14-17(13-16-5-3-4-6-20(16)22)24(31-2)29-11-9-19(10-12-29)27-25-28-21-8-7-18(26)15-23(21)32-25/h3-8,13-15,19,24H,9-12H2,1-2H3,(H,27,28). The predicted octanol–water partition coefficient (Wildman–Crippen LogP) is 6.33. The minimum atomic E-state index is -0.0981. The number of hydrogen-bond donors (Lipinski definition) is 1. The summed E-state index contributed by atoms with van der Waals surface area (Å²) in [5.41, 5.74) is 2.11. The molecule has 166 valence electrons. The van der Waals surface area contributed by atoms with Gasteiger partial charge in [0.05, 0.1) is 17.3 Å². The molecule has 1 aliphatic heterocycles. The first kappa shape index (κ1) is 21.5. The maximum Gasteiger partial charge on any atom is 0.184 e. The first-order chi connectivity index (χ1) is 15.6. The molecule has 1 unspecified atom stereocenters. The molecule has 1 aliphatic rings. The number of rotatable bonds is 6. The van der Waals surface area contributed by atoms with Gasteiger partial charge in [-0.15, -0.1) is 0 Å². The van der Waals surface area contributed by atoms with Crippen LogP contribution in [0.4, 0.5) is 5.13 Å². The zero-order chi connectivity index (χ0) is 22.1. The Hall–Kier alpha value is -2.38. The molecule has 1 N–H and O–H groups in total. The van der Waals surface area contributed by atoms with Crippen LogP contribution in [0, 0.1) is 0 Å². The van der Waals surface area contributed by atoms with Crippen molar-refractivity contribution in [2.75, 3.05) is 32.6 Å². The van der Waals surface area contributed by atoms with E-state index >= 15 is 0 Å². The van der Waals surface area contributed by atoms with E-state index in [-0.39, 0.29) is 6.23 Å². The number of nitrogens with zero attached hydrogens (tertiary/aromatic N) is 2. The molecule has 1 fully saturated rings. The molecule has 1 atom stereocenters. The van der Waals surface area contributed by atoms with E-state index in [4.69, 9.17) is 26.1 Å². The number of halogens is 1. The van der Waals surface area contributed by atoms with Crippen LogP contribution >= 0.6 is 22.9 Å². The Morgan fingerprint density at radius 1 is 1.09 bits per heavy atom. The molecule has 1 aromatic heterocycles. The molecule has 7 heteroatoms. The molecule has 5 nitrogen and oxygen atoms in total. The van der Waals surface area contributed by atoms with Crippen LogP contribution in [0.25, 0.3) is 21.0 Å². The monoisotopic (exact) mass is 467 g/mol. The summed E-state index contributed by atoms with van der Waals surface area (Å²) in [6.45, 7) is 1.89. The van der Waals surface area contributed by atoms with E-state index in [0.29, 0.717) is 6.04 Å². The summed E-state index contributed by atoms with van der Waals surface area (Å²) in [4.78, 5) is 7.11. The number of ether oxygens (including phenoxy) is 2. The van der Waals surface area contributed by atoms with Crippen LogP contribution in [0.3, 0.4) is 0 Å². The lowest BCUT2D eigenvalue weighted by Gasteiger charge is -2.37. The van der Waals surface area contributed by atoms with Crippen LogP contribution in [0.5, 0.6) is 5.75 Å². The first-order valence-corrected chi connectivity index (χ1v) is 12.0. The maximum atomic E-state index is 6.11. The second kappa shape index (κ2) is 9.24. The van der Waals surface area contributed by atoms with Gasteiger partial charge in [-0.25, -0.2) is 4.98 Å². The molecule has 4 aromatic rings. The third-order valence-electron chi connectivity index (χ3n) is 6.11. The van der Waals surface area contributed by atoms with Gasteiger partial charge in [-0.2, -0.15) is 0 Å². The minimum Gasteiger partial charge on any atom is -0.496 e. The molecular formula is C25H26ClN3O2S. The van der Waals surface area contributed by atoms with E-state index in [1.807, 2.05) is 24.3 Å². The lowest BCUT2D eigenvalue weighted by atomic mass is 10.0. The lowest BCUT2D eigenvalue weighted by molar-refractivity contribution is -0.0451. The van der Waals surface area contributed by atoms with Crippen molar-refractivity contribution in [1.82, 2.24) is 9.88 Å². The average molecular weight is 468 g/mol. The molecule has 5 rings (SSSR count). The van der Waals surface area contributed by atoms with Gasteiger partial charge in [0.25, 0.3) is 0 Å². The number of hydrogen-bond acceptors (Lipinski definition) is 6. The van der Waals surface area contributed by atoms with Crippen molar-refractivity contribution in [2.24, 2.45) is 0 Å². The van der Waals surface area contributed by atoms with E-state index < -0.39 is 0 Å². The molecule has 0 spiro atoms. The van der Waals surface area contributed by atoms with Gasteiger partial charge in [0.15, 0.2) is 5.13 Å². The summed E-state index contributed by atoms with van der Waals surface area (Å²) in [6, 6.07) is 18.9. The number of thiazole rings is 1. The van der Waals surface area contributed by atoms with Crippen molar-refractivity contribution in [2.45, 2.75) is 25.1 Å². The first-order valence-electron chi connectivity index (χ1n) is 10.8. The fourth-order valence-electron chi connectivity index (χ4n) is 4.52. The van der Waals surface area contributed by atoms with E-state index in [0.717, 1.165) is 68.4 Å². The van der Waals surface area contributed by atoms with Crippen LogP contribution in [0.15, 0.2) is 54.6 Å². The fourth-order valence-corrected chi connectivity index (χ4v) is 5.74. The lowest BCUT2D eigenvalue weighted by Crippen LogP contribution is -2.41. The van der Waals surface area contributed by atoms with Crippen LogP contribution < -0.4 is 10.1 Å². The number of fused-ring (bicyclic) bond motifs is 2. The Morgan fingerprint density at radius 3 is 2.69 bits per heavy atom. The van der Waals surface area contributed by atoms with E-state index in [2.05, 4.69) is 40.5 Å². The van der Waals surface area contributed by atoms with Crippen molar-refractivity contribution in [3.63, 3.8) is 0 Å². The Balaban J connectivity index is 1.28. The van der Waals surface area contributed by atoms with Gasteiger partial charge >= 0.3 is 0 Å². The highest BCUT2D eigenvalue weighted by molar-refractivity contribution is 7.22. The molecule has 2 heterocycles. The molecular weight excluding hydrogens is 442 g/mol. The Bertz CT molecular complexity index is 1240. The molecule has 0 saturated carbocycles. The average Bonchev–Trinajstić information content (AvgIpc) is 3.21. The molecule has 0 amide bonds. The largest absolute Gasteiger partial charge is 0.496 e. The van der Waals surface area contributed by atoms with Crippen LogP contribution in [0.1, 0.15) is 24.6 Å². The summed E-state index contributed by atoms with van der Waals surface area (Å²) < 4.78 is 12.7. The van der Waals surface area contributed by atoms with Crippen molar-refractivity contribution in [3.8, 4) is 5.75 Å². The third kappa shape index (κ3) is 4.28. The SMILES string of the molecule is COc1cc(C(OC)N2CCC(Nc3nc4ccc(Cl)cc4s3)CC2)cc2ccccc12. The van der Waals surface area contributed by atoms with Crippen LogP contribution in [-0.2, 0) is 4.74 Å². The maximum absolute atomic E-state index is 6.11. The highest BCUT2D eigenvalue weighted by Gasteiger charge is 2.27. The third-order valence-corrected chi connectivity index (χ3v) is 7.30. The van der Waals surface area contributed by atoms with Crippen LogP contribution in [-0.4, -0.2) is 43.2 Å². The summed E-state index contributed by atoms with van der Waals surface area (Å²) in [5, 5.41) is 7.62. The van der Waals surface area contributed by atoms with Gasteiger partial charge in [0.1, 0.15) is 12.0 Å². The number of nitrogens with one attached hydrogen (secondary N) is 1. The summed E-state index contributed by atoms with van der Waals surface area (Å²) in [6.07, 6.45) is 1.96. The molecule has 32 heavy (non-hydrogen) atoms. The number of aromatic nitrogens is 1. The van der Waals surface area contributed by atoms with Crippen molar-refractivity contribution in [3.05, 3.63) is 65.2 Å². The van der Waals surface area contributed by atoms with Crippen molar-refractivity contribution >= 4 is 49.1 Å². The predicted molar refractivity (Wildman–Crippen MR) is 133 cm³/mol. The minimum absolute atomic E-state index is 0.0981. The number of benzene rings is 3. The molecule has 0 radical (unpaired) electrons. The molecule has 0 aliphatic carbocycles. The smallest absolute Gasteiger partial charge is 0.184 e. The van der Waals surface area contributed by atoms with Gasteiger partial charge in [0, 0.05) is 36.7 Å². The highest BCUT2D eigenvalue weighted by atomic mass is 35.5. The van der Waals surface area contributed by atoms with Gasteiger partial charge in [0.2, 0.25) is 0 Å². The van der Waals surface area contributed by atoms with Crippen molar-refractivity contribution < 1.29 is 9.47 Å². The van der Waals surface area contributed by atoms with Gasteiger partial charge in [-0.1, -0.05) is 47.2 Å². The van der Waals surface area contributed by atoms with Gasteiger partial charge < -0.3 is 14.8 Å². The quantitative estimate of drug-likeness (QED) is 0.359. The molecule has 1 saturated heterocycles. The Kier molecular flexibility index (Phi) is 6.20. The second-order valence-electron chi connectivity index (χ2n) is 8.12. The zero-order valence-electron chi connectivity index (χ0n) is 18.2. The topological polar surface area (TPSA) is 46.6 Å². The van der Waals surface area contributed by atoms with E-state index in [1.165, 1.54) is 0 Å². The normalized spacial score (nSPS) is 16.5. The fraction of sp³-hybridized carbons (Fsp3) is 0.320. The van der Waals surface area contributed by atoms with E-state index in [1.54, 1.807) is 25.6 Å². The zero-order valence-corrected chi connectivity index (χ0v) is 19.7. The van der Waals surface area contributed by atoms with Crippen molar-refractivity contribution in [1.29, 1.82) is 0 Å². The number of piperidine rings is 1. The van der Waals surface area contributed by atoms with Gasteiger partial charge in [-0.05, 0) is 54.1 Å². The highest BCUT2D eigenvalue weighted by Crippen LogP contribution is 2.34. The molecule has 3 aromatic carbocycles. The number of likely N-dealkylation sites (tertiary alicyclic amines) is 1. The molecule has 0 bridgehead atoms. The number of methoxy groups -OCH3 is 2. The summed E-state index contributed by atoms with van der Waals surface area (Å²) >= 11 is 7.77. The Labute approximate surface area is 196 Å². The van der Waals surface area contributed by atoms with Crippen LogP contribution in [0.2, 0.25) is 5.02 Å².